The summed E-state index contributed by atoms with van der Waals surface area (Å²) in [6, 6.07) is -0.837. The summed E-state index contributed by atoms with van der Waals surface area (Å²) in [5.74, 6) is -0.222. The van der Waals surface area contributed by atoms with Crippen LogP contribution < -0.4 is 5.32 Å². The molecule has 2 rings (SSSR count). The molecule has 69 heavy (non-hydrogen) atoms. The first-order valence-corrected chi connectivity index (χ1v) is 27.4. The fourth-order valence-corrected chi connectivity index (χ4v) is 8.87. The van der Waals surface area contributed by atoms with E-state index in [0.29, 0.717) is 12.8 Å². The van der Waals surface area contributed by atoms with Gasteiger partial charge in [-0.25, -0.2) is 0 Å². The summed E-state index contributed by atoms with van der Waals surface area (Å²) in [6.45, 7) is 2.73. The third kappa shape index (κ3) is 28.1. The maximum atomic E-state index is 13.2. The number of carbonyl (C=O) groups excluding carboxylic acids is 1. The lowest BCUT2D eigenvalue weighted by Gasteiger charge is -2.46. The highest BCUT2D eigenvalue weighted by Crippen LogP contribution is 2.30. The number of nitrogens with one attached hydrogen (secondary N) is 1. The molecule has 14 nitrogen and oxygen atoms in total. The molecule has 2 aliphatic rings. The van der Waals surface area contributed by atoms with Gasteiger partial charge in [0.15, 0.2) is 12.6 Å². The van der Waals surface area contributed by atoms with Crippen LogP contribution in [-0.2, 0) is 23.7 Å². The van der Waals surface area contributed by atoms with Crippen molar-refractivity contribution in [1.29, 1.82) is 0 Å². The fraction of sp³-hybridized carbons (Fsp3) is 0.836. The van der Waals surface area contributed by atoms with Gasteiger partial charge in [-0.15, -0.1) is 0 Å². The largest absolute Gasteiger partial charge is 0.394 e. The van der Waals surface area contributed by atoms with E-state index in [1.165, 1.54) is 77.0 Å². The summed E-state index contributed by atoms with van der Waals surface area (Å²) >= 11 is 0. The second kappa shape index (κ2) is 41.4. The first-order chi connectivity index (χ1) is 33.6. The van der Waals surface area contributed by atoms with E-state index >= 15 is 0 Å². The van der Waals surface area contributed by atoms with Crippen molar-refractivity contribution in [2.75, 3.05) is 19.8 Å². The molecule has 402 valence electrons. The average Bonchev–Trinajstić information content (AvgIpc) is 3.35. The number of aliphatic hydroxyl groups is 8. The fourth-order valence-electron chi connectivity index (χ4n) is 8.87. The lowest BCUT2D eigenvalue weighted by Crippen LogP contribution is -2.65. The third-order valence-electron chi connectivity index (χ3n) is 13.3. The molecule has 0 aromatic rings. The van der Waals surface area contributed by atoms with Crippen molar-refractivity contribution in [3.63, 3.8) is 0 Å². The van der Waals surface area contributed by atoms with E-state index in [9.17, 15) is 45.6 Å². The van der Waals surface area contributed by atoms with E-state index in [0.717, 1.165) is 89.9 Å². The van der Waals surface area contributed by atoms with Gasteiger partial charge in [0.2, 0.25) is 5.91 Å². The average molecular weight is 982 g/mol. The van der Waals surface area contributed by atoms with Crippen LogP contribution in [0, 0.1) is 0 Å². The summed E-state index contributed by atoms with van der Waals surface area (Å²) in [6.07, 6.45) is 32.4. The molecule has 0 aromatic carbocycles. The van der Waals surface area contributed by atoms with Gasteiger partial charge >= 0.3 is 0 Å². The Bertz CT molecular complexity index is 1340. The Morgan fingerprint density at radius 3 is 1.54 bits per heavy atom. The number of hydrogen-bond acceptors (Lipinski definition) is 13. The monoisotopic (exact) mass is 982 g/mol. The Morgan fingerprint density at radius 2 is 1.00 bits per heavy atom. The highest BCUT2D eigenvalue weighted by Gasteiger charge is 2.51. The number of rotatable bonds is 42. The zero-order chi connectivity index (χ0) is 50.3. The molecule has 12 atom stereocenters. The van der Waals surface area contributed by atoms with E-state index in [1.807, 2.05) is 0 Å². The van der Waals surface area contributed by atoms with Crippen LogP contribution in [0.3, 0.4) is 0 Å². The minimum atomic E-state index is -1.78. The first-order valence-electron chi connectivity index (χ1n) is 27.4. The lowest BCUT2D eigenvalue weighted by atomic mass is 9.97. The summed E-state index contributed by atoms with van der Waals surface area (Å²) in [5, 5.41) is 87.1. The van der Waals surface area contributed by atoms with Crippen molar-refractivity contribution >= 4 is 5.91 Å². The summed E-state index contributed by atoms with van der Waals surface area (Å²) in [5.41, 5.74) is 0. The molecule has 14 heteroatoms. The molecule has 0 bridgehead atoms. The Balaban J connectivity index is 1.81. The number of hydrogen-bond donors (Lipinski definition) is 9. The molecule has 9 N–H and O–H groups in total. The highest BCUT2D eigenvalue weighted by molar-refractivity contribution is 5.76. The molecular formula is C55H99NO13. The van der Waals surface area contributed by atoms with Gasteiger partial charge in [-0.05, 0) is 51.4 Å². The number of amides is 1. The number of ether oxygens (including phenoxy) is 4. The molecule has 2 aliphatic heterocycles. The molecule has 1 amide bonds. The predicted molar refractivity (Wildman–Crippen MR) is 272 cm³/mol. The zero-order valence-corrected chi connectivity index (χ0v) is 42.8. The van der Waals surface area contributed by atoms with Crippen LogP contribution in [0.5, 0.6) is 0 Å². The zero-order valence-electron chi connectivity index (χ0n) is 42.8. The number of allylic oxidation sites excluding steroid dienone is 8. The molecule has 0 aliphatic carbocycles. The van der Waals surface area contributed by atoms with E-state index < -0.39 is 86.8 Å². The summed E-state index contributed by atoms with van der Waals surface area (Å²) in [7, 11) is 0. The molecule has 0 saturated carbocycles. The molecule has 2 saturated heterocycles. The van der Waals surface area contributed by atoms with Gasteiger partial charge < -0.3 is 65.1 Å². The van der Waals surface area contributed by atoms with Gasteiger partial charge in [0.25, 0.3) is 0 Å². The van der Waals surface area contributed by atoms with Crippen molar-refractivity contribution in [3.8, 4) is 0 Å². The van der Waals surface area contributed by atoms with E-state index in [2.05, 4.69) is 67.8 Å². The van der Waals surface area contributed by atoms with Crippen LogP contribution in [-0.4, -0.2) is 140 Å². The molecule has 2 heterocycles. The number of unbranched alkanes of at least 4 members (excludes halogenated alkanes) is 21. The van der Waals surface area contributed by atoms with Gasteiger partial charge in [-0.3, -0.25) is 4.79 Å². The Hall–Kier alpha value is -2.05. The maximum Gasteiger partial charge on any atom is 0.220 e. The smallest absolute Gasteiger partial charge is 0.220 e. The van der Waals surface area contributed by atoms with Gasteiger partial charge in [-0.2, -0.15) is 0 Å². The molecular weight excluding hydrogens is 883 g/mol. The van der Waals surface area contributed by atoms with Crippen LogP contribution in [0.2, 0.25) is 0 Å². The molecule has 0 radical (unpaired) electrons. The highest BCUT2D eigenvalue weighted by atomic mass is 16.7. The number of aliphatic hydroxyl groups excluding tert-OH is 8. The van der Waals surface area contributed by atoms with E-state index in [-0.39, 0.29) is 18.9 Å². The first kappa shape index (κ1) is 63.1. The van der Waals surface area contributed by atoms with Gasteiger partial charge in [0.05, 0.1) is 32.0 Å². The van der Waals surface area contributed by atoms with E-state index in [1.54, 1.807) is 0 Å². The van der Waals surface area contributed by atoms with Crippen molar-refractivity contribution in [1.82, 2.24) is 5.32 Å². The molecule has 0 spiro atoms. The SMILES string of the molecule is CC/C=C\C/C=C\C/C=C\C/C=C\CCCCCCCCC(=O)NC(COC1OC(CO)C(OC2OC(CO)C(O)C(O)C2O)C(O)C1O)C(O)CCCCCCCCCCCCCCCCCC. The van der Waals surface area contributed by atoms with Crippen molar-refractivity contribution in [2.24, 2.45) is 0 Å². The Labute approximate surface area is 416 Å². The van der Waals surface area contributed by atoms with Gasteiger partial charge in [-0.1, -0.05) is 191 Å². The second-order valence-electron chi connectivity index (χ2n) is 19.3. The normalized spacial score (nSPS) is 26.5. The standard InChI is InChI=1S/C55H99NO13/c1-3-5-7-9-11-13-15-17-19-21-22-23-25-27-29-31-33-35-37-39-47(60)56-43(44(59)38-36-34-32-30-28-26-24-20-18-16-14-12-10-8-6-4-2)42-66-54-52(65)50(63)53(46(41-58)68-54)69-55-51(64)49(62)48(61)45(40-57)67-55/h5,7,11,13,17,19,22-23,43-46,48-55,57-59,61-65H,3-4,6,8-10,12,14-16,18,20-21,24-42H2,1-2H3,(H,56,60)/b7-5-,13-11-,19-17-,23-22-. The van der Waals surface area contributed by atoms with Gasteiger partial charge in [0, 0.05) is 6.42 Å². The summed E-state index contributed by atoms with van der Waals surface area (Å²) < 4.78 is 22.8. The quantitative estimate of drug-likeness (QED) is 0.0209. The van der Waals surface area contributed by atoms with Crippen LogP contribution in [0.25, 0.3) is 0 Å². The Kier molecular flexibility index (Phi) is 37.9. The lowest BCUT2D eigenvalue weighted by molar-refractivity contribution is -0.359. The van der Waals surface area contributed by atoms with Crippen molar-refractivity contribution < 1.29 is 64.6 Å². The van der Waals surface area contributed by atoms with Crippen LogP contribution >= 0.6 is 0 Å². The van der Waals surface area contributed by atoms with Crippen molar-refractivity contribution in [3.05, 3.63) is 48.6 Å². The predicted octanol–water partition coefficient (Wildman–Crippen LogP) is 8.05. The second-order valence-corrected chi connectivity index (χ2v) is 19.3. The van der Waals surface area contributed by atoms with Crippen LogP contribution in [0.4, 0.5) is 0 Å². The van der Waals surface area contributed by atoms with E-state index in [4.69, 9.17) is 18.9 Å². The van der Waals surface area contributed by atoms with Crippen molar-refractivity contribution in [2.45, 2.75) is 274 Å². The third-order valence-corrected chi connectivity index (χ3v) is 13.3. The minimum Gasteiger partial charge on any atom is -0.394 e. The molecule has 12 unspecified atom stereocenters. The molecule has 0 aromatic heterocycles. The van der Waals surface area contributed by atoms with Gasteiger partial charge in [0.1, 0.15) is 48.8 Å². The minimum absolute atomic E-state index is 0.222. The van der Waals surface area contributed by atoms with Crippen LogP contribution in [0.15, 0.2) is 48.6 Å². The summed E-state index contributed by atoms with van der Waals surface area (Å²) in [4.78, 5) is 13.2. The molecule has 2 fully saturated rings. The topological polar surface area (TPSA) is 228 Å². The maximum absolute atomic E-state index is 13.2. The van der Waals surface area contributed by atoms with Crippen LogP contribution in [0.1, 0.15) is 200 Å². The number of carbonyl (C=O) groups is 1. The Morgan fingerprint density at radius 1 is 0.536 bits per heavy atom.